The van der Waals surface area contributed by atoms with Crippen LogP contribution >= 0.6 is 23.1 Å². The van der Waals surface area contributed by atoms with Crippen LogP contribution in [-0.4, -0.2) is 44.0 Å². The van der Waals surface area contributed by atoms with Crippen LogP contribution in [0.25, 0.3) is 16.8 Å². The SMILES string of the molecule is Cc1c[n+](CCCS(=O)(=O)O)c(/C=C2\Sc3ccc4ccccc4c3N2CCCS(=O)(=O)O)s1. The van der Waals surface area contributed by atoms with Crippen LogP contribution in [0.5, 0.6) is 0 Å². The fourth-order valence-corrected chi connectivity index (χ4v) is 7.10. The molecule has 1 aliphatic rings. The molecule has 0 aliphatic carbocycles. The van der Waals surface area contributed by atoms with Gasteiger partial charge in [-0.3, -0.25) is 9.11 Å². The Bertz CT molecular complexity index is 1460. The average Bonchev–Trinajstić information content (AvgIpc) is 3.26. The summed E-state index contributed by atoms with van der Waals surface area (Å²) in [5.41, 5.74) is 1.01. The second-order valence-corrected chi connectivity index (χ2v) is 13.5. The van der Waals surface area contributed by atoms with E-state index >= 15 is 0 Å². The van der Waals surface area contributed by atoms with Gasteiger partial charge in [0.15, 0.2) is 12.7 Å². The molecule has 0 fully saturated rings. The lowest BCUT2D eigenvalue weighted by Gasteiger charge is -2.21. The van der Waals surface area contributed by atoms with E-state index in [1.165, 1.54) is 0 Å². The number of fused-ring (bicyclic) bond motifs is 3. The molecule has 2 aromatic carbocycles. The summed E-state index contributed by atoms with van der Waals surface area (Å²) in [5, 5.41) is 3.99. The van der Waals surface area contributed by atoms with E-state index in [1.807, 2.05) is 48.0 Å². The first-order valence-electron chi connectivity index (χ1n) is 10.6. The van der Waals surface area contributed by atoms with Crippen LogP contribution in [-0.2, 0) is 26.8 Å². The van der Waals surface area contributed by atoms with Crippen LogP contribution in [0.4, 0.5) is 5.69 Å². The number of thioether (sulfide) groups is 1. The van der Waals surface area contributed by atoms with E-state index in [0.717, 1.165) is 36.3 Å². The third-order valence-corrected chi connectivity index (χ3v) is 9.03. The van der Waals surface area contributed by atoms with E-state index in [0.29, 0.717) is 13.1 Å². The summed E-state index contributed by atoms with van der Waals surface area (Å²) in [6.45, 7) is 2.82. The molecule has 0 saturated heterocycles. The van der Waals surface area contributed by atoms with Crippen molar-refractivity contribution < 1.29 is 30.5 Å². The van der Waals surface area contributed by atoms with Crippen molar-refractivity contribution in [3.05, 3.63) is 57.5 Å². The number of aromatic nitrogens is 1. The van der Waals surface area contributed by atoms with Crippen molar-refractivity contribution in [2.24, 2.45) is 0 Å². The molecule has 8 nitrogen and oxygen atoms in total. The predicted octanol–water partition coefficient (Wildman–Crippen LogP) is 3.96. The van der Waals surface area contributed by atoms with Crippen LogP contribution in [0.15, 0.2) is 52.5 Å². The van der Waals surface area contributed by atoms with Crippen LogP contribution < -0.4 is 9.47 Å². The number of benzene rings is 2. The highest BCUT2D eigenvalue weighted by molar-refractivity contribution is 8.04. The number of nitrogens with zero attached hydrogens (tertiary/aromatic N) is 2. The molecular formula is C22H25N2O6S4+. The summed E-state index contributed by atoms with van der Waals surface area (Å²) in [4.78, 5) is 4.20. The highest BCUT2D eigenvalue weighted by Crippen LogP contribution is 2.50. The van der Waals surface area contributed by atoms with E-state index in [2.05, 4.69) is 17.0 Å². The maximum absolute atomic E-state index is 11.3. The topological polar surface area (TPSA) is 116 Å². The molecule has 182 valence electrons. The largest absolute Gasteiger partial charge is 0.334 e. The monoisotopic (exact) mass is 541 g/mol. The van der Waals surface area contributed by atoms with Gasteiger partial charge in [0.05, 0.1) is 33.2 Å². The normalized spacial score (nSPS) is 15.4. The minimum absolute atomic E-state index is 0.261. The Morgan fingerprint density at radius 3 is 2.44 bits per heavy atom. The molecule has 2 N–H and O–H groups in total. The van der Waals surface area contributed by atoms with Gasteiger partial charge in [-0.15, -0.1) is 0 Å². The van der Waals surface area contributed by atoms with Gasteiger partial charge in [-0.1, -0.05) is 53.4 Å². The molecule has 0 bridgehead atoms. The quantitative estimate of drug-likeness (QED) is 0.309. The number of hydrogen-bond acceptors (Lipinski definition) is 7. The fourth-order valence-electron chi connectivity index (χ4n) is 3.95. The van der Waals surface area contributed by atoms with Crippen molar-refractivity contribution >= 4 is 65.9 Å². The first-order chi connectivity index (χ1) is 16.0. The molecule has 0 radical (unpaired) electrons. The summed E-state index contributed by atoms with van der Waals surface area (Å²) in [6, 6.07) is 12.1. The zero-order valence-electron chi connectivity index (χ0n) is 18.4. The standard InChI is InChI=1S/C22H24N2O6S4/c1-16-15-23(10-4-12-33(25,26)27)20(31-16)14-21-24(11-5-13-34(28,29)30)22-18-7-3-2-6-17(18)8-9-19(22)32-21/h2-3,6-9,14-15H,4-5,10-13H2,1H3,(H-,25,26,27,28,29,30)/p+1. The van der Waals surface area contributed by atoms with Crippen LogP contribution in [0.3, 0.4) is 0 Å². The Balaban J connectivity index is 1.69. The zero-order chi connectivity index (χ0) is 24.5. The molecule has 12 heteroatoms. The van der Waals surface area contributed by atoms with E-state index in [-0.39, 0.29) is 24.3 Å². The second-order valence-electron chi connectivity index (χ2n) is 8.02. The number of rotatable bonds is 9. The van der Waals surface area contributed by atoms with Crippen LogP contribution in [0.1, 0.15) is 22.7 Å². The van der Waals surface area contributed by atoms with Gasteiger partial charge in [-0.25, -0.2) is 0 Å². The van der Waals surface area contributed by atoms with Gasteiger partial charge in [0.2, 0.25) is 0 Å². The first kappa shape index (κ1) is 25.1. The van der Waals surface area contributed by atoms with Gasteiger partial charge >= 0.3 is 0 Å². The third-order valence-electron chi connectivity index (χ3n) is 5.33. The minimum atomic E-state index is -4.06. The van der Waals surface area contributed by atoms with E-state index in [1.54, 1.807) is 23.1 Å². The van der Waals surface area contributed by atoms with E-state index in [4.69, 9.17) is 4.55 Å². The van der Waals surface area contributed by atoms with Gasteiger partial charge in [-0.05, 0) is 24.8 Å². The average molecular weight is 542 g/mol. The smallest absolute Gasteiger partial charge is 0.265 e. The molecule has 3 aromatic rings. The summed E-state index contributed by atoms with van der Waals surface area (Å²) in [6.07, 6.45) is 4.52. The Kier molecular flexibility index (Phi) is 7.36. The lowest BCUT2D eigenvalue weighted by molar-refractivity contribution is -0.693. The Labute approximate surface area is 207 Å². The molecular weight excluding hydrogens is 517 g/mol. The molecule has 2 heterocycles. The summed E-state index contributed by atoms with van der Waals surface area (Å²) >= 11 is 3.16. The van der Waals surface area contributed by atoms with E-state index in [9.17, 15) is 21.4 Å². The maximum Gasteiger partial charge on any atom is 0.265 e. The number of hydrogen-bond donors (Lipinski definition) is 2. The lowest BCUT2D eigenvalue weighted by atomic mass is 10.1. The van der Waals surface area contributed by atoms with Crippen molar-refractivity contribution in [1.29, 1.82) is 0 Å². The molecule has 34 heavy (non-hydrogen) atoms. The molecule has 0 unspecified atom stereocenters. The first-order valence-corrected chi connectivity index (χ1v) is 15.4. The summed E-state index contributed by atoms with van der Waals surface area (Å²) in [5.74, 6) is -0.631. The number of thiazole rings is 1. The number of aryl methyl sites for hydroxylation is 2. The van der Waals surface area contributed by atoms with Crippen LogP contribution in [0, 0.1) is 6.92 Å². The van der Waals surface area contributed by atoms with Crippen molar-refractivity contribution in [3.63, 3.8) is 0 Å². The fraction of sp³-hybridized carbons (Fsp3) is 0.318. The summed E-state index contributed by atoms with van der Waals surface area (Å²) < 4.78 is 65.0. The van der Waals surface area contributed by atoms with Crippen molar-refractivity contribution in [2.75, 3.05) is 23.0 Å². The van der Waals surface area contributed by atoms with Gasteiger partial charge < -0.3 is 4.90 Å². The Morgan fingerprint density at radius 1 is 1.00 bits per heavy atom. The highest BCUT2D eigenvalue weighted by atomic mass is 32.2. The van der Waals surface area contributed by atoms with Gasteiger partial charge in [0.25, 0.3) is 25.2 Å². The molecule has 1 aliphatic heterocycles. The second kappa shape index (κ2) is 9.96. The van der Waals surface area contributed by atoms with Gasteiger partial charge in [-0.2, -0.15) is 21.4 Å². The predicted molar refractivity (Wildman–Crippen MR) is 136 cm³/mol. The van der Waals surface area contributed by atoms with Gasteiger partial charge in [0.1, 0.15) is 0 Å². The Hall–Kier alpha value is -1.96. The van der Waals surface area contributed by atoms with Gasteiger partial charge in [0, 0.05) is 23.2 Å². The molecule has 0 amide bonds. The Morgan fingerprint density at radius 2 is 1.71 bits per heavy atom. The molecule has 0 saturated carbocycles. The summed E-state index contributed by atoms with van der Waals surface area (Å²) in [7, 11) is -8.08. The maximum atomic E-state index is 11.3. The van der Waals surface area contributed by atoms with Crippen LogP contribution in [0.2, 0.25) is 0 Å². The minimum Gasteiger partial charge on any atom is -0.334 e. The van der Waals surface area contributed by atoms with Crippen molar-refractivity contribution in [3.8, 4) is 0 Å². The molecule has 1 aromatic heterocycles. The highest BCUT2D eigenvalue weighted by Gasteiger charge is 2.29. The third kappa shape index (κ3) is 6.18. The molecule has 0 spiro atoms. The molecule has 0 atom stereocenters. The number of anilines is 1. The van der Waals surface area contributed by atoms with Crippen molar-refractivity contribution in [2.45, 2.75) is 31.2 Å². The lowest BCUT2D eigenvalue weighted by Crippen LogP contribution is -2.35. The molecule has 4 rings (SSSR count). The van der Waals surface area contributed by atoms with Crippen molar-refractivity contribution in [1.82, 2.24) is 0 Å². The van der Waals surface area contributed by atoms with E-state index < -0.39 is 20.2 Å². The zero-order valence-corrected chi connectivity index (χ0v) is 21.7.